The van der Waals surface area contributed by atoms with Crippen LogP contribution in [0.15, 0.2) is 42.5 Å². The quantitative estimate of drug-likeness (QED) is 0.137. The molecule has 0 aromatic heterocycles. The molecule has 2 aliphatic rings. The van der Waals surface area contributed by atoms with Crippen LogP contribution in [-0.4, -0.2) is 88.4 Å². The molecular formula is C37H44F2N6O9. The number of carbonyl (C=O) groups excluding carboxylic acids is 7. The maximum absolute atomic E-state index is 14.8. The van der Waals surface area contributed by atoms with E-state index < -0.39 is 107 Å². The summed E-state index contributed by atoms with van der Waals surface area (Å²) < 4.78 is 29.2. The third kappa shape index (κ3) is 10.0. The molecule has 2 fully saturated rings. The maximum atomic E-state index is 14.8. The van der Waals surface area contributed by atoms with Gasteiger partial charge in [-0.05, 0) is 55.7 Å². The number of carbonyl (C=O) groups is 8. The predicted octanol–water partition coefficient (Wildman–Crippen LogP) is 1.65. The summed E-state index contributed by atoms with van der Waals surface area (Å²) in [7, 11) is 0. The van der Waals surface area contributed by atoms with Gasteiger partial charge < -0.3 is 37.0 Å². The largest absolute Gasteiger partial charge is 0.478 e. The molecular weight excluding hydrogens is 710 g/mol. The van der Waals surface area contributed by atoms with Gasteiger partial charge in [0.1, 0.15) is 35.3 Å². The van der Waals surface area contributed by atoms with Gasteiger partial charge in [0.05, 0.1) is 18.2 Å². The molecule has 17 heteroatoms. The Morgan fingerprint density at radius 3 is 2.11 bits per heavy atom. The highest BCUT2D eigenvalue weighted by Crippen LogP contribution is 2.30. The van der Waals surface area contributed by atoms with Gasteiger partial charge in [0.15, 0.2) is 0 Å². The number of halogens is 2. The average molecular weight is 755 g/mol. The number of carboxylic acids is 1. The van der Waals surface area contributed by atoms with Crippen molar-refractivity contribution < 1.29 is 52.2 Å². The molecule has 6 amide bonds. The van der Waals surface area contributed by atoms with Crippen molar-refractivity contribution in [2.24, 2.45) is 11.7 Å². The smallest absolute Gasteiger partial charge is 0.339 e. The zero-order chi connectivity index (χ0) is 39.5. The van der Waals surface area contributed by atoms with E-state index in [2.05, 4.69) is 21.3 Å². The molecule has 2 aromatic rings. The standard InChI is InChI=1S/C37H44F2N6O9/c1-2-10-24(31(47)35(51)41-19-26(46)43-29(32(40)48)20-11-5-3-6-12-20)42-33(49)25-15-9-18-45(25)36(52)30(21-13-7-4-8-14-21)44-34(50)27-22(38)16-17-23(39)28(27)37(53)54/h3,5-6,11-12,16-17,21,24-25,29-30H,2,4,7-10,13-15,18-19H2,1H3,(H2,40,48)(H,41,51)(H,42,49)(H,43,46)(H,44,50)(H,53,54)/t24?,25-,29?,30?/m0/s1. The van der Waals surface area contributed by atoms with E-state index >= 15 is 0 Å². The molecule has 0 radical (unpaired) electrons. The fraction of sp³-hybridized carbons (Fsp3) is 0.459. The third-order valence-electron chi connectivity index (χ3n) is 9.62. The Morgan fingerprint density at radius 2 is 1.50 bits per heavy atom. The molecule has 7 N–H and O–H groups in total. The summed E-state index contributed by atoms with van der Waals surface area (Å²) in [4.78, 5) is 105. The van der Waals surface area contributed by atoms with Crippen LogP contribution in [-0.2, 0) is 28.8 Å². The zero-order valence-electron chi connectivity index (χ0n) is 29.7. The average Bonchev–Trinajstić information content (AvgIpc) is 3.66. The first-order valence-electron chi connectivity index (χ1n) is 17.8. The number of aromatic carboxylic acids is 1. The van der Waals surface area contributed by atoms with Gasteiger partial charge in [-0.15, -0.1) is 0 Å². The molecule has 1 aliphatic carbocycles. The van der Waals surface area contributed by atoms with Gasteiger partial charge in [-0.1, -0.05) is 62.9 Å². The molecule has 1 saturated carbocycles. The number of primary amides is 1. The minimum absolute atomic E-state index is 0.0362. The lowest BCUT2D eigenvalue weighted by Crippen LogP contribution is -2.58. The van der Waals surface area contributed by atoms with Crippen molar-refractivity contribution in [2.75, 3.05) is 13.1 Å². The van der Waals surface area contributed by atoms with Gasteiger partial charge in [0.25, 0.3) is 11.8 Å². The van der Waals surface area contributed by atoms with Gasteiger partial charge in [0, 0.05) is 6.54 Å². The number of nitrogens with two attached hydrogens (primary N) is 1. The van der Waals surface area contributed by atoms with Crippen molar-refractivity contribution in [3.8, 4) is 0 Å². The van der Waals surface area contributed by atoms with E-state index in [4.69, 9.17) is 5.73 Å². The molecule has 15 nitrogen and oxygen atoms in total. The summed E-state index contributed by atoms with van der Waals surface area (Å²) >= 11 is 0. The molecule has 1 saturated heterocycles. The summed E-state index contributed by atoms with van der Waals surface area (Å²) in [5.74, 6) is -11.6. The SMILES string of the molecule is CCCC(NC(=O)[C@@H]1CCCN1C(=O)C(NC(=O)c1c(F)ccc(F)c1C(=O)O)C1CCCCC1)C(=O)C(=O)NCC(=O)NC(C(N)=O)c1ccccc1. The minimum Gasteiger partial charge on any atom is -0.478 e. The van der Waals surface area contributed by atoms with Crippen molar-refractivity contribution in [3.63, 3.8) is 0 Å². The molecule has 1 aliphatic heterocycles. The number of nitrogens with one attached hydrogen (secondary N) is 4. The van der Waals surface area contributed by atoms with Crippen molar-refractivity contribution in [3.05, 3.63) is 70.8 Å². The first-order chi connectivity index (χ1) is 25.7. The molecule has 2 aromatic carbocycles. The second kappa shape index (κ2) is 18.8. The van der Waals surface area contributed by atoms with Crippen LogP contribution in [0.5, 0.6) is 0 Å². The first-order valence-corrected chi connectivity index (χ1v) is 17.8. The van der Waals surface area contributed by atoms with Gasteiger partial charge >= 0.3 is 5.97 Å². The second-order valence-electron chi connectivity index (χ2n) is 13.3. The number of rotatable bonds is 16. The lowest BCUT2D eigenvalue weighted by molar-refractivity contribution is -0.143. The lowest BCUT2D eigenvalue weighted by Gasteiger charge is -2.35. The van der Waals surface area contributed by atoms with Crippen molar-refractivity contribution in [1.29, 1.82) is 0 Å². The molecule has 0 bridgehead atoms. The van der Waals surface area contributed by atoms with Crippen LogP contribution in [0.3, 0.4) is 0 Å². The first kappa shape index (κ1) is 41.0. The van der Waals surface area contributed by atoms with Crippen LogP contribution in [0.1, 0.15) is 97.0 Å². The van der Waals surface area contributed by atoms with Crippen LogP contribution in [0.25, 0.3) is 0 Å². The molecule has 1 heterocycles. The van der Waals surface area contributed by atoms with Crippen LogP contribution >= 0.6 is 0 Å². The fourth-order valence-electron chi connectivity index (χ4n) is 6.93. The highest BCUT2D eigenvalue weighted by molar-refractivity contribution is 6.38. The van der Waals surface area contributed by atoms with Crippen molar-refractivity contribution in [2.45, 2.75) is 88.9 Å². The highest BCUT2D eigenvalue weighted by Gasteiger charge is 2.42. The summed E-state index contributed by atoms with van der Waals surface area (Å²) in [6, 6.07) is 4.39. The molecule has 0 spiro atoms. The Bertz CT molecular complexity index is 1770. The van der Waals surface area contributed by atoms with Crippen LogP contribution in [0.4, 0.5) is 8.78 Å². The van der Waals surface area contributed by atoms with E-state index in [1.54, 1.807) is 37.3 Å². The van der Waals surface area contributed by atoms with E-state index in [0.29, 0.717) is 56.2 Å². The van der Waals surface area contributed by atoms with Crippen LogP contribution < -0.4 is 27.0 Å². The van der Waals surface area contributed by atoms with E-state index in [-0.39, 0.29) is 19.4 Å². The van der Waals surface area contributed by atoms with Gasteiger partial charge in [-0.2, -0.15) is 0 Å². The van der Waals surface area contributed by atoms with Crippen molar-refractivity contribution in [1.82, 2.24) is 26.2 Å². The zero-order valence-corrected chi connectivity index (χ0v) is 29.7. The fourth-order valence-corrected chi connectivity index (χ4v) is 6.93. The number of amides is 6. The lowest BCUT2D eigenvalue weighted by atomic mass is 9.83. The Morgan fingerprint density at radius 1 is 0.852 bits per heavy atom. The molecule has 4 atom stereocenters. The van der Waals surface area contributed by atoms with E-state index in [1.807, 2.05) is 0 Å². The van der Waals surface area contributed by atoms with Gasteiger partial charge in [-0.25, -0.2) is 13.6 Å². The molecule has 290 valence electrons. The number of ketones is 1. The Labute approximate surface area is 309 Å². The maximum Gasteiger partial charge on any atom is 0.339 e. The molecule has 54 heavy (non-hydrogen) atoms. The second-order valence-corrected chi connectivity index (χ2v) is 13.3. The Hall–Kier alpha value is -5.74. The number of nitrogens with zero attached hydrogens (tertiary/aromatic N) is 1. The number of hydrogen-bond donors (Lipinski definition) is 6. The van der Waals surface area contributed by atoms with E-state index in [1.165, 1.54) is 4.90 Å². The Balaban J connectivity index is 1.45. The molecule has 4 rings (SSSR count). The summed E-state index contributed by atoms with van der Waals surface area (Å²) in [6.45, 7) is 1.12. The summed E-state index contributed by atoms with van der Waals surface area (Å²) in [5.41, 5.74) is 3.59. The monoisotopic (exact) mass is 754 g/mol. The summed E-state index contributed by atoms with van der Waals surface area (Å²) in [5, 5.41) is 19.1. The third-order valence-corrected chi connectivity index (χ3v) is 9.62. The topological polar surface area (TPSA) is 234 Å². The summed E-state index contributed by atoms with van der Waals surface area (Å²) in [6.07, 6.45) is 4.23. The van der Waals surface area contributed by atoms with E-state index in [9.17, 15) is 52.2 Å². The highest BCUT2D eigenvalue weighted by atomic mass is 19.1. The van der Waals surface area contributed by atoms with Gasteiger partial charge in [0.2, 0.25) is 29.4 Å². The normalized spacial score (nSPS) is 17.4. The Kier molecular flexibility index (Phi) is 14.3. The number of carboxylic acid groups (broad SMARTS) is 1. The van der Waals surface area contributed by atoms with Crippen molar-refractivity contribution >= 4 is 47.2 Å². The van der Waals surface area contributed by atoms with Gasteiger partial charge in [-0.3, -0.25) is 33.6 Å². The predicted molar refractivity (Wildman–Crippen MR) is 187 cm³/mol. The minimum atomic E-state index is -1.87. The number of Topliss-reactive ketones (excluding diaryl/α,β-unsaturated/α-hetero) is 1. The van der Waals surface area contributed by atoms with E-state index in [0.717, 1.165) is 6.42 Å². The number of likely N-dealkylation sites (tertiary alicyclic amines) is 1. The van der Waals surface area contributed by atoms with Crippen LogP contribution in [0, 0.1) is 17.6 Å². The number of benzene rings is 2. The molecule has 3 unspecified atom stereocenters. The van der Waals surface area contributed by atoms with Crippen LogP contribution in [0.2, 0.25) is 0 Å². The number of hydrogen-bond acceptors (Lipinski definition) is 8.